The van der Waals surface area contributed by atoms with E-state index >= 15 is 0 Å². The third-order valence-corrected chi connectivity index (χ3v) is 8.44. The minimum absolute atomic E-state index is 0.0224. The summed E-state index contributed by atoms with van der Waals surface area (Å²) in [5.41, 5.74) is 3.46. The first-order chi connectivity index (χ1) is 16.5. The Kier molecular flexibility index (Phi) is 10.5. The monoisotopic (exact) mass is 582 g/mol. The van der Waals surface area contributed by atoms with Crippen molar-refractivity contribution in [2.24, 2.45) is 5.92 Å². The summed E-state index contributed by atoms with van der Waals surface area (Å²) in [5, 5.41) is 0.852. The van der Waals surface area contributed by atoms with Gasteiger partial charge >= 0.3 is 219 Å². The van der Waals surface area contributed by atoms with E-state index in [0.29, 0.717) is 18.4 Å². The Morgan fingerprint density at radius 2 is 1.62 bits per heavy atom. The van der Waals surface area contributed by atoms with Crippen LogP contribution >= 0.6 is 15.9 Å². The second-order valence-electron chi connectivity index (χ2n) is 8.42. The third-order valence-electron chi connectivity index (χ3n) is 5.71. The molecule has 0 saturated heterocycles. The van der Waals surface area contributed by atoms with Crippen LogP contribution in [0.1, 0.15) is 54.1 Å². The number of hydrogen-bond donors (Lipinski definition) is 0. The van der Waals surface area contributed by atoms with Crippen LogP contribution in [0.15, 0.2) is 88.9 Å². The van der Waals surface area contributed by atoms with E-state index < -0.39 is 5.92 Å². The van der Waals surface area contributed by atoms with Gasteiger partial charge in [0.15, 0.2) is 0 Å². The molecule has 0 aliphatic carbocycles. The van der Waals surface area contributed by atoms with E-state index in [1.165, 1.54) is 4.46 Å². The van der Waals surface area contributed by atoms with Crippen LogP contribution in [0.25, 0.3) is 6.08 Å². The zero-order valence-electron chi connectivity index (χ0n) is 19.8. The predicted octanol–water partition coefficient (Wildman–Crippen LogP) is 7.24. The van der Waals surface area contributed by atoms with Gasteiger partial charge < -0.3 is 0 Å². The van der Waals surface area contributed by atoms with Crippen molar-refractivity contribution in [3.8, 4) is 0 Å². The Hall–Kier alpha value is -2.26. The van der Waals surface area contributed by atoms with Crippen molar-refractivity contribution in [2.45, 2.75) is 44.9 Å². The molecule has 2 nitrogen and oxygen atoms in total. The molecule has 0 aliphatic rings. The van der Waals surface area contributed by atoms with Crippen LogP contribution in [0.3, 0.4) is 0 Å². The number of rotatable bonds is 12. The number of benzene rings is 3. The molecule has 0 fully saturated rings. The normalized spacial score (nSPS) is 12.4. The number of halogens is 1. The number of hydrogen-bond acceptors (Lipinski definition) is 2. The molecule has 0 amide bonds. The fraction of sp³-hybridized carbons (Fsp3) is 0.267. The predicted molar refractivity (Wildman–Crippen MR) is 147 cm³/mol. The van der Waals surface area contributed by atoms with Gasteiger partial charge in [-0.1, -0.05) is 0 Å². The molecular formula is C30H31BrO2Se. The first-order valence-electron chi connectivity index (χ1n) is 11.8. The number of carbonyl (C=O) groups excluding carboxylic acids is 2. The average molecular weight is 582 g/mol. The van der Waals surface area contributed by atoms with Crippen molar-refractivity contribution in [3.63, 3.8) is 0 Å². The summed E-state index contributed by atoms with van der Waals surface area (Å²) < 4.78 is 2.29. The van der Waals surface area contributed by atoms with E-state index in [0.717, 1.165) is 39.3 Å². The van der Waals surface area contributed by atoms with E-state index in [1.54, 1.807) is 0 Å². The molecule has 1 unspecified atom stereocenters. The molecule has 34 heavy (non-hydrogen) atoms. The summed E-state index contributed by atoms with van der Waals surface area (Å²) in [6.45, 7) is 4.13. The van der Waals surface area contributed by atoms with Gasteiger partial charge in [0.25, 0.3) is 0 Å². The molecule has 0 N–H and O–H groups in total. The molecule has 0 spiro atoms. The van der Waals surface area contributed by atoms with Gasteiger partial charge in [-0.25, -0.2) is 0 Å². The molecule has 176 valence electrons. The molecule has 4 heteroatoms. The molecule has 0 aromatic heterocycles. The van der Waals surface area contributed by atoms with E-state index in [-0.39, 0.29) is 26.5 Å². The van der Waals surface area contributed by atoms with Crippen LogP contribution in [0.5, 0.6) is 0 Å². The standard InChI is InChI=1S/C30H31BrO2Se/c1-3-4-8-25(21-23-13-17-26(31)18-14-23)30(33)28(19-20-34-27-9-6-5-7-10-27)29(32)24-15-11-22(2)12-16-24/h5-7,9-18,21,28H,3-4,8,19-20H2,1-2H3/b25-21+. The Bertz CT molecular complexity index is 1100. The van der Waals surface area contributed by atoms with Gasteiger partial charge in [-0.3, -0.25) is 0 Å². The molecule has 3 aromatic carbocycles. The summed E-state index contributed by atoms with van der Waals surface area (Å²) in [6, 6.07) is 25.9. The zero-order chi connectivity index (χ0) is 24.3. The van der Waals surface area contributed by atoms with Crippen LogP contribution < -0.4 is 4.46 Å². The van der Waals surface area contributed by atoms with Gasteiger partial charge in [-0.2, -0.15) is 0 Å². The number of carbonyl (C=O) groups is 2. The van der Waals surface area contributed by atoms with Gasteiger partial charge in [0.05, 0.1) is 0 Å². The van der Waals surface area contributed by atoms with Crippen LogP contribution in [0.2, 0.25) is 5.32 Å². The summed E-state index contributed by atoms with van der Waals surface area (Å²) in [5.74, 6) is -0.732. The van der Waals surface area contributed by atoms with Crippen LogP contribution in [-0.4, -0.2) is 26.5 Å². The van der Waals surface area contributed by atoms with Crippen LogP contribution in [0.4, 0.5) is 0 Å². The van der Waals surface area contributed by atoms with Gasteiger partial charge in [0.2, 0.25) is 0 Å². The second kappa shape index (κ2) is 13.6. The molecule has 3 aromatic rings. The van der Waals surface area contributed by atoms with Crippen molar-refractivity contribution in [2.75, 3.05) is 0 Å². The number of unbranched alkanes of at least 4 members (excludes halogenated alkanes) is 1. The average Bonchev–Trinajstić information content (AvgIpc) is 2.86. The summed E-state index contributed by atoms with van der Waals surface area (Å²) in [6.07, 6.45) is 5.16. The molecule has 0 heterocycles. The van der Waals surface area contributed by atoms with Crippen molar-refractivity contribution in [3.05, 3.63) is 106 Å². The van der Waals surface area contributed by atoms with Crippen LogP contribution in [-0.2, 0) is 4.79 Å². The number of allylic oxidation sites excluding steroid dienone is 1. The Morgan fingerprint density at radius 3 is 2.26 bits per heavy atom. The van der Waals surface area contributed by atoms with Gasteiger partial charge in [-0.15, -0.1) is 0 Å². The molecular weight excluding hydrogens is 551 g/mol. The van der Waals surface area contributed by atoms with Gasteiger partial charge in [0, 0.05) is 0 Å². The quantitative estimate of drug-likeness (QED) is 0.0977. The first kappa shape index (κ1) is 26.3. The molecule has 0 aliphatic heterocycles. The Balaban J connectivity index is 1.88. The maximum atomic E-state index is 13.9. The van der Waals surface area contributed by atoms with Gasteiger partial charge in [0.1, 0.15) is 0 Å². The topological polar surface area (TPSA) is 34.1 Å². The van der Waals surface area contributed by atoms with Crippen molar-refractivity contribution in [1.29, 1.82) is 0 Å². The van der Waals surface area contributed by atoms with E-state index in [2.05, 4.69) is 35.0 Å². The summed E-state index contributed by atoms with van der Waals surface area (Å²) in [4.78, 5) is 27.4. The van der Waals surface area contributed by atoms with Crippen molar-refractivity contribution in [1.82, 2.24) is 0 Å². The van der Waals surface area contributed by atoms with E-state index in [1.807, 2.05) is 79.7 Å². The molecule has 1 atom stereocenters. The second-order valence-corrected chi connectivity index (χ2v) is 11.8. The first-order valence-corrected chi connectivity index (χ1v) is 14.6. The fourth-order valence-corrected chi connectivity index (χ4v) is 5.96. The van der Waals surface area contributed by atoms with E-state index in [4.69, 9.17) is 0 Å². The third kappa shape index (κ3) is 7.91. The Morgan fingerprint density at radius 1 is 0.941 bits per heavy atom. The van der Waals surface area contributed by atoms with Gasteiger partial charge in [-0.05, 0) is 0 Å². The molecule has 3 rings (SSSR count). The number of Topliss-reactive ketones (excluding diaryl/α,β-unsaturated/α-hetero) is 2. The minimum atomic E-state index is -0.646. The molecule has 0 bridgehead atoms. The number of aryl methyl sites for hydroxylation is 1. The van der Waals surface area contributed by atoms with Crippen molar-refractivity contribution < 1.29 is 9.59 Å². The number of ketones is 2. The Labute approximate surface area is 218 Å². The summed E-state index contributed by atoms with van der Waals surface area (Å²) in [7, 11) is 0. The fourth-order valence-electron chi connectivity index (χ4n) is 3.73. The van der Waals surface area contributed by atoms with Crippen LogP contribution in [0, 0.1) is 12.8 Å². The molecule has 0 radical (unpaired) electrons. The summed E-state index contributed by atoms with van der Waals surface area (Å²) >= 11 is 3.70. The maximum absolute atomic E-state index is 13.9. The SMILES string of the molecule is CCCC/C(=C\c1ccc(Br)cc1)C(=O)C(CC[Se]c1ccccc1)C(=O)c1ccc(C)cc1. The molecule has 0 saturated carbocycles. The zero-order valence-corrected chi connectivity index (χ0v) is 23.1. The van der Waals surface area contributed by atoms with Crippen molar-refractivity contribution >= 4 is 53.0 Å². The van der Waals surface area contributed by atoms with E-state index in [9.17, 15) is 9.59 Å².